The van der Waals surface area contributed by atoms with Gasteiger partial charge in [0.25, 0.3) is 0 Å². The van der Waals surface area contributed by atoms with Crippen LogP contribution in [0.25, 0.3) is 0 Å². The molecule has 0 bridgehead atoms. The Morgan fingerprint density at radius 3 is 2.86 bits per heavy atom. The second-order valence-corrected chi connectivity index (χ2v) is 8.83. The zero-order chi connectivity index (χ0) is 20.1. The molecule has 2 heterocycles. The predicted molar refractivity (Wildman–Crippen MR) is 111 cm³/mol. The van der Waals surface area contributed by atoms with Gasteiger partial charge in [-0.3, -0.25) is 10.1 Å². The normalized spacial score (nSPS) is 21.8. The van der Waals surface area contributed by atoms with E-state index in [-0.39, 0.29) is 28.9 Å². The highest BCUT2D eigenvalue weighted by atomic mass is 32.2. The van der Waals surface area contributed by atoms with Crippen LogP contribution in [0.4, 0.5) is 10.5 Å². The highest BCUT2D eigenvalue weighted by Gasteiger charge is 2.44. The Morgan fingerprint density at radius 1 is 1.43 bits per heavy atom. The van der Waals surface area contributed by atoms with Crippen LogP contribution in [0.15, 0.2) is 24.3 Å². The molecule has 0 aliphatic carbocycles. The van der Waals surface area contributed by atoms with E-state index < -0.39 is 0 Å². The van der Waals surface area contributed by atoms with E-state index in [1.807, 2.05) is 6.92 Å². The number of hydrogen-bond acceptors (Lipinski definition) is 5. The summed E-state index contributed by atoms with van der Waals surface area (Å²) in [6.45, 7) is 5.33. The maximum absolute atomic E-state index is 12.5. The van der Waals surface area contributed by atoms with Gasteiger partial charge in [-0.1, -0.05) is 13.0 Å². The fourth-order valence-corrected chi connectivity index (χ4v) is 4.88. The van der Waals surface area contributed by atoms with Gasteiger partial charge in [0.15, 0.2) is 0 Å². The second-order valence-electron chi connectivity index (χ2n) is 7.43. The number of piperidine rings is 1. The molecule has 7 nitrogen and oxygen atoms in total. The lowest BCUT2D eigenvalue weighted by atomic mass is 10.0. The van der Waals surface area contributed by atoms with Gasteiger partial charge in [-0.2, -0.15) is 5.26 Å². The first-order valence-corrected chi connectivity index (χ1v) is 10.7. The van der Waals surface area contributed by atoms with Crippen molar-refractivity contribution >= 4 is 29.4 Å². The third-order valence-corrected chi connectivity index (χ3v) is 6.96. The monoisotopic (exact) mass is 401 g/mol. The number of nitriles is 1. The summed E-state index contributed by atoms with van der Waals surface area (Å²) >= 11 is 1.79. The number of likely N-dealkylation sites (tertiary alicyclic amines) is 1. The summed E-state index contributed by atoms with van der Waals surface area (Å²) in [6.07, 6.45) is 2.52. The lowest BCUT2D eigenvalue weighted by Gasteiger charge is -2.39. The van der Waals surface area contributed by atoms with E-state index in [2.05, 4.69) is 28.9 Å². The second kappa shape index (κ2) is 8.84. The Balaban J connectivity index is 1.51. The number of amides is 3. The fraction of sp³-hybridized carbons (Fsp3) is 0.550. The number of rotatable bonds is 4. The SMILES string of the molecule is CCC(C)NC(=O)C1CSC2(CCN(C(=O)Nc3cccc(C#N)c3)CC2)N1. The fourth-order valence-electron chi connectivity index (χ4n) is 3.46. The molecule has 2 aliphatic rings. The van der Waals surface area contributed by atoms with Gasteiger partial charge in [-0.15, -0.1) is 11.8 Å². The molecule has 3 amide bonds. The maximum Gasteiger partial charge on any atom is 0.321 e. The number of urea groups is 1. The first kappa shape index (κ1) is 20.5. The van der Waals surface area contributed by atoms with Crippen molar-refractivity contribution in [3.05, 3.63) is 29.8 Å². The summed E-state index contributed by atoms with van der Waals surface area (Å²) in [4.78, 5) is 26.6. The van der Waals surface area contributed by atoms with Gasteiger partial charge in [0.05, 0.1) is 22.5 Å². The minimum absolute atomic E-state index is 0.0660. The molecule has 0 saturated carbocycles. The molecule has 1 spiro atoms. The minimum atomic E-state index is -0.173. The van der Waals surface area contributed by atoms with E-state index in [0.717, 1.165) is 25.0 Å². The summed E-state index contributed by atoms with van der Waals surface area (Å²) in [5, 5.41) is 18.4. The Labute approximate surface area is 170 Å². The molecular weight excluding hydrogens is 374 g/mol. The van der Waals surface area contributed by atoms with Crippen LogP contribution in [0, 0.1) is 11.3 Å². The number of hydrogen-bond donors (Lipinski definition) is 3. The first-order chi connectivity index (χ1) is 13.4. The van der Waals surface area contributed by atoms with Gasteiger partial charge in [0.2, 0.25) is 5.91 Å². The van der Waals surface area contributed by atoms with Gasteiger partial charge in [-0.25, -0.2) is 4.79 Å². The standard InChI is InChI=1S/C20H27N5O2S/c1-3-14(2)22-18(26)17-13-28-20(24-17)7-9-25(10-8-20)19(27)23-16-6-4-5-15(11-16)12-21/h4-6,11,14,17,24H,3,7-10,13H2,1-2H3,(H,22,26)(H,23,27). The number of carbonyl (C=O) groups excluding carboxylic acids is 2. The topological polar surface area (TPSA) is 97.3 Å². The van der Waals surface area contributed by atoms with E-state index in [4.69, 9.17) is 5.26 Å². The molecule has 0 aromatic heterocycles. The molecular formula is C20H27N5O2S. The van der Waals surface area contributed by atoms with Crippen LogP contribution in [0.3, 0.4) is 0 Å². The first-order valence-electron chi connectivity index (χ1n) is 9.73. The number of nitrogens with zero attached hydrogens (tertiary/aromatic N) is 2. The number of thioether (sulfide) groups is 1. The Morgan fingerprint density at radius 2 is 2.18 bits per heavy atom. The van der Waals surface area contributed by atoms with Crippen molar-refractivity contribution < 1.29 is 9.59 Å². The van der Waals surface area contributed by atoms with Crippen LogP contribution in [-0.4, -0.2) is 52.6 Å². The Hall–Kier alpha value is -2.24. The lowest BCUT2D eigenvalue weighted by molar-refractivity contribution is -0.123. The predicted octanol–water partition coefficient (Wildman–Crippen LogP) is 2.50. The lowest BCUT2D eigenvalue weighted by Crippen LogP contribution is -2.55. The minimum Gasteiger partial charge on any atom is -0.352 e. The molecule has 3 rings (SSSR count). The van der Waals surface area contributed by atoms with Crippen LogP contribution in [0.2, 0.25) is 0 Å². The van der Waals surface area contributed by atoms with Crippen molar-refractivity contribution in [2.45, 2.75) is 50.1 Å². The van der Waals surface area contributed by atoms with Gasteiger partial charge in [0.1, 0.15) is 0 Å². The molecule has 2 atom stereocenters. The third-order valence-electron chi connectivity index (χ3n) is 5.38. The zero-order valence-electron chi connectivity index (χ0n) is 16.3. The quantitative estimate of drug-likeness (QED) is 0.720. The molecule has 28 heavy (non-hydrogen) atoms. The molecule has 3 N–H and O–H groups in total. The molecule has 2 unspecified atom stereocenters. The van der Waals surface area contributed by atoms with Gasteiger partial charge in [-0.05, 0) is 44.4 Å². The average molecular weight is 402 g/mol. The summed E-state index contributed by atoms with van der Waals surface area (Å²) in [5.74, 6) is 0.825. The molecule has 2 aliphatic heterocycles. The number of benzene rings is 1. The number of carbonyl (C=O) groups is 2. The van der Waals surface area contributed by atoms with E-state index in [9.17, 15) is 9.59 Å². The van der Waals surface area contributed by atoms with Gasteiger partial charge in [0, 0.05) is 30.6 Å². The highest BCUT2D eigenvalue weighted by molar-refractivity contribution is 8.01. The highest BCUT2D eigenvalue weighted by Crippen LogP contribution is 2.39. The Kier molecular flexibility index (Phi) is 6.47. The maximum atomic E-state index is 12.5. The molecule has 8 heteroatoms. The summed E-state index contributed by atoms with van der Waals surface area (Å²) < 4.78 is 0. The van der Waals surface area contributed by atoms with E-state index in [1.54, 1.807) is 40.9 Å². The van der Waals surface area contributed by atoms with Crippen LogP contribution in [0.1, 0.15) is 38.7 Å². The average Bonchev–Trinajstić information content (AvgIpc) is 3.12. The van der Waals surface area contributed by atoms with Gasteiger partial charge < -0.3 is 15.5 Å². The summed E-state index contributed by atoms with van der Waals surface area (Å²) in [7, 11) is 0. The smallest absolute Gasteiger partial charge is 0.321 e. The largest absolute Gasteiger partial charge is 0.352 e. The van der Waals surface area contributed by atoms with Crippen molar-refractivity contribution in [2.24, 2.45) is 0 Å². The van der Waals surface area contributed by atoms with Crippen molar-refractivity contribution in [1.82, 2.24) is 15.5 Å². The molecule has 1 aromatic carbocycles. The van der Waals surface area contributed by atoms with E-state index in [1.165, 1.54) is 0 Å². The Bertz CT molecular complexity index is 770. The molecule has 0 radical (unpaired) electrons. The zero-order valence-corrected chi connectivity index (χ0v) is 17.1. The van der Waals surface area contributed by atoms with Crippen molar-refractivity contribution in [2.75, 3.05) is 24.2 Å². The van der Waals surface area contributed by atoms with Crippen LogP contribution >= 0.6 is 11.8 Å². The molecule has 150 valence electrons. The van der Waals surface area contributed by atoms with Crippen LogP contribution in [0.5, 0.6) is 0 Å². The third kappa shape index (κ3) is 4.78. The summed E-state index contributed by atoms with van der Waals surface area (Å²) in [5.41, 5.74) is 1.14. The van der Waals surface area contributed by atoms with E-state index in [0.29, 0.717) is 24.3 Å². The van der Waals surface area contributed by atoms with Crippen LogP contribution < -0.4 is 16.0 Å². The molecule has 1 aromatic rings. The molecule has 2 saturated heterocycles. The number of nitrogens with one attached hydrogen (secondary N) is 3. The van der Waals surface area contributed by atoms with Crippen LogP contribution in [-0.2, 0) is 4.79 Å². The van der Waals surface area contributed by atoms with E-state index >= 15 is 0 Å². The van der Waals surface area contributed by atoms with Gasteiger partial charge >= 0.3 is 6.03 Å². The van der Waals surface area contributed by atoms with Crippen molar-refractivity contribution in [3.8, 4) is 6.07 Å². The summed E-state index contributed by atoms with van der Waals surface area (Å²) in [6, 6.07) is 8.83. The number of anilines is 1. The molecule has 2 fully saturated rings. The van der Waals surface area contributed by atoms with Crippen molar-refractivity contribution in [3.63, 3.8) is 0 Å². The van der Waals surface area contributed by atoms with Crippen molar-refractivity contribution in [1.29, 1.82) is 5.26 Å².